The number of piperidine rings is 1. The molecule has 1 N–H and O–H groups in total. The zero-order valence-electron chi connectivity index (χ0n) is 14.8. The van der Waals surface area contributed by atoms with Crippen molar-refractivity contribution in [2.24, 2.45) is 0 Å². The first-order valence-corrected chi connectivity index (χ1v) is 9.21. The average molecular weight is 377 g/mol. The zero-order chi connectivity index (χ0) is 19.1. The van der Waals surface area contributed by atoms with Gasteiger partial charge in [-0.25, -0.2) is 0 Å². The SMILES string of the molecule is OC1(c2ccc(OC(F)(F)F)cc2)CC2CCC(C1)N2Cc1ccccc1. The Morgan fingerprint density at radius 3 is 2.11 bits per heavy atom. The number of benzene rings is 2. The standard InChI is InChI=1S/C21H22F3NO2/c22-21(23,24)27-19-10-6-16(7-11-19)20(26)12-17-8-9-18(13-20)25(17)14-15-4-2-1-3-5-15/h1-7,10-11,17-18,26H,8-9,12-14H2. The smallest absolute Gasteiger partial charge is 0.406 e. The molecule has 0 aliphatic carbocycles. The minimum absolute atomic E-state index is 0.265. The van der Waals surface area contributed by atoms with Crippen LogP contribution in [0.2, 0.25) is 0 Å². The number of rotatable bonds is 4. The van der Waals surface area contributed by atoms with E-state index in [0.717, 1.165) is 19.4 Å². The fourth-order valence-corrected chi connectivity index (χ4v) is 4.57. The monoisotopic (exact) mass is 377 g/mol. The predicted molar refractivity (Wildman–Crippen MR) is 95.1 cm³/mol. The van der Waals surface area contributed by atoms with Gasteiger partial charge in [0.05, 0.1) is 5.60 Å². The van der Waals surface area contributed by atoms with Gasteiger partial charge in [-0.1, -0.05) is 42.5 Å². The van der Waals surface area contributed by atoms with E-state index in [9.17, 15) is 18.3 Å². The summed E-state index contributed by atoms with van der Waals surface area (Å²) in [5.41, 5.74) is 0.914. The van der Waals surface area contributed by atoms with Crippen LogP contribution >= 0.6 is 0 Å². The lowest BCUT2D eigenvalue weighted by atomic mass is 9.80. The third-order valence-corrected chi connectivity index (χ3v) is 5.75. The molecule has 0 spiro atoms. The summed E-state index contributed by atoms with van der Waals surface area (Å²) in [6, 6.07) is 16.5. The van der Waals surface area contributed by atoms with Crippen molar-refractivity contribution in [2.75, 3.05) is 0 Å². The molecule has 144 valence electrons. The van der Waals surface area contributed by atoms with E-state index in [1.54, 1.807) is 12.1 Å². The molecule has 0 aromatic heterocycles. The molecular weight excluding hydrogens is 355 g/mol. The van der Waals surface area contributed by atoms with Gasteiger partial charge in [0.2, 0.25) is 0 Å². The number of alkyl halides is 3. The van der Waals surface area contributed by atoms with Crippen molar-refractivity contribution in [2.45, 2.75) is 56.3 Å². The van der Waals surface area contributed by atoms with E-state index in [4.69, 9.17) is 0 Å². The first kappa shape index (κ1) is 18.3. The number of fused-ring (bicyclic) bond motifs is 2. The molecule has 2 aromatic rings. The fraction of sp³-hybridized carbons (Fsp3) is 0.429. The van der Waals surface area contributed by atoms with Gasteiger partial charge in [0.1, 0.15) is 5.75 Å². The Morgan fingerprint density at radius 1 is 0.963 bits per heavy atom. The second kappa shape index (κ2) is 6.84. The molecule has 4 rings (SSSR count). The van der Waals surface area contributed by atoms with Crippen LogP contribution in [0, 0.1) is 0 Å². The fourth-order valence-electron chi connectivity index (χ4n) is 4.57. The van der Waals surface area contributed by atoms with Crippen molar-refractivity contribution < 1.29 is 23.0 Å². The molecule has 0 saturated carbocycles. The largest absolute Gasteiger partial charge is 0.573 e. The first-order chi connectivity index (χ1) is 12.8. The van der Waals surface area contributed by atoms with Gasteiger partial charge in [-0.2, -0.15) is 0 Å². The lowest BCUT2D eigenvalue weighted by Gasteiger charge is -2.44. The van der Waals surface area contributed by atoms with E-state index in [1.165, 1.54) is 17.7 Å². The topological polar surface area (TPSA) is 32.7 Å². The molecule has 2 atom stereocenters. The Bertz CT molecular complexity index is 762. The normalized spacial score (nSPS) is 28.3. The van der Waals surface area contributed by atoms with Crippen molar-refractivity contribution in [3.8, 4) is 5.75 Å². The third kappa shape index (κ3) is 3.96. The maximum atomic E-state index is 12.3. The van der Waals surface area contributed by atoms with Gasteiger partial charge in [0.25, 0.3) is 0 Å². The van der Waals surface area contributed by atoms with Crippen LogP contribution in [0.4, 0.5) is 13.2 Å². The number of ether oxygens (including phenoxy) is 1. The molecule has 6 heteroatoms. The van der Waals surface area contributed by atoms with Crippen LogP contribution in [-0.2, 0) is 12.1 Å². The highest BCUT2D eigenvalue weighted by molar-refractivity contribution is 5.32. The van der Waals surface area contributed by atoms with Crippen LogP contribution in [0.1, 0.15) is 36.8 Å². The Kier molecular flexibility index (Phi) is 4.64. The second-order valence-electron chi connectivity index (χ2n) is 7.55. The molecule has 2 aliphatic rings. The quantitative estimate of drug-likeness (QED) is 0.845. The minimum atomic E-state index is -4.71. The summed E-state index contributed by atoms with van der Waals surface area (Å²) in [7, 11) is 0. The molecule has 3 nitrogen and oxygen atoms in total. The van der Waals surface area contributed by atoms with E-state index in [0.29, 0.717) is 18.4 Å². The Morgan fingerprint density at radius 2 is 1.56 bits per heavy atom. The second-order valence-corrected chi connectivity index (χ2v) is 7.55. The van der Waals surface area contributed by atoms with Gasteiger partial charge in [-0.3, -0.25) is 4.90 Å². The molecule has 2 unspecified atom stereocenters. The summed E-state index contributed by atoms with van der Waals surface area (Å²) >= 11 is 0. The Balaban J connectivity index is 1.48. The van der Waals surface area contributed by atoms with Crippen molar-refractivity contribution in [3.63, 3.8) is 0 Å². The number of nitrogens with zero attached hydrogens (tertiary/aromatic N) is 1. The summed E-state index contributed by atoms with van der Waals surface area (Å²) in [6.45, 7) is 0.866. The molecule has 2 saturated heterocycles. The molecule has 2 bridgehead atoms. The van der Waals surface area contributed by atoms with E-state index >= 15 is 0 Å². The summed E-state index contributed by atoms with van der Waals surface area (Å²) in [6.07, 6.45) is -1.45. The van der Waals surface area contributed by atoms with Crippen LogP contribution < -0.4 is 4.74 Å². The Labute approximate surface area is 156 Å². The van der Waals surface area contributed by atoms with Crippen molar-refractivity contribution in [3.05, 3.63) is 65.7 Å². The number of aliphatic hydroxyl groups is 1. The lowest BCUT2D eigenvalue weighted by Crippen LogP contribution is -2.49. The minimum Gasteiger partial charge on any atom is -0.406 e. The van der Waals surface area contributed by atoms with Gasteiger partial charge >= 0.3 is 6.36 Å². The van der Waals surface area contributed by atoms with E-state index in [-0.39, 0.29) is 17.8 Å². The zero-order valence-corrected chi connectivity index (χ0v) is 14.8. The maximum absolute atomic E-state index is 12.3. The van der Waals surface area contributed by atoms with Crippen molar-refractivity contribution >= 4 is 0 Å². The summed E-state index contributed by atoms with van der Waals surface area (Å²) in [4.78, 5) is 2.46. The molecule has 0 amide bonds. The maximum Gasteiger partial charge on any atom is 0.573 e. The highest BCUT2D eigenvalue weighted by atomic mass is 19.4. The summed E-state index contributed by atoms with van der Waals surface area (Å²) in [5.74, 6) is -0.265. The number of hydrogen-bond donors (Lipinski definition) is 1. The summed E-state index contributed by atoms with van der Waals surface area (Å²) in [5, 5.41) is 11.2. The highest BCUT2D eigenvalue weighted by Gasteiger charge is 2.48. The lowest BCUT2D eigenvalue weighted by molar-refractivity contribution is -0.274. The third-order valence-electron chi connectivity index (χ3n) is 5.75. The van der Waals surface area contributed by atoms with Crippen molar-refractivity contribution in [1.82, 2.24) is 4.90 Å². The molecule has 27 heavy (non-hydrogen) atoms. The van der Waals surface area contributed by atoms with Crippen LogP contribution in [0.15, 0.2) is 54.6 Å². The average Bonchev–Trinajstić information content (AvgIpc) is 2.86. The van der Waals surface area contributed by atoms with Gasteiger partial charge in [-0.05, 0) is 48.9 Å². The molecule has 2 heterocycles. The van der Waals surface area contributed by atoms with E-state index in [2.05, 4.69) is 21.8 Å². The van der Waals surface area contributed by atoms with Gasteiger partial charge in [0.15, 0.2) is 0 Å². The molecular formula is C21H22F3NO2. The molecule has 0 radical (unpaired) electrons. The van der Waals surface area contributed by atoms with Crippen LogP contribution in [-0.4, -0.2) is 28.5 Å². The van der Waals surface area contributed by atoms with Gasteiger partial charge in [0, 0.05) is 18.6 Å². The summed E-state index contributed by atoms with van der Waals surface area (Å²) < 4.78 is 40.9. The van der Waals surface area contributed by atoms with Gasteiger partial charge in [-0.15, -0.1) is 13.2 Å². The van der Waals surface area contributed by atoms with Crippen LogP contribution in [0.3, 0.4) is 0 Å². The Hall–Kier alpha value is -2.05. The highest BCUT2D eigenvalue weighted by Crippen LogP contribution is 2.46. The molecule has 2 aromatic carbocycles. The number of halogens is 3. The predicted octanol–water partition coefficient (Wildman–Crippen LogP) is 4.60. The van der Waals surface area contributed by atoms with Crippen LogP contribution in [0.25, 0.3) is 0 Å². The molecule has 2 aliphatic heterocycles. The molecule has 2 fully saturated rings. The van der Waals surface area contributed by atoms with Gasteiger partial charge < -0.3 is 9.84 Å². The van der Waals surface area contributed by atoms with E-state index in [1.807, 2.05) is 18.2 Å². The van der Waals surface area contributed by atoms with E-state index < -0.39 is 12.0 Å². The van der Waals surface area contributed by atoms with Crippen LogP contribution in [0.5, 0.6) is 5.75 Å². The first-order valence-electron chi connectivity index (χ1n) is 9.21. The number of hydrogen-bond acceptors (Lipinski definition) is 3. The van der Waals surface area contributed by atoms with Crippen molar-refractivity contribution in [1.29, 1.82) is 0 Å².